The Kier molecular flexibility index (Phi) is 31.8. The van der Waals surface area contributed by atoms with E-state index in [9.17, 15) is 9.59 Å². The van der Waals surface area contributed by atoms with E-state index in [1.807, 2.05) is 0 Å². The molecule has 0 bridgehead atoms. The van der Waals surface area contributed by atoms with Gasteiger partial charge >= 0.3 is 0 Å². The number of unbranched alkanes of at least 4 members (excludes halogenated alkanes) is 27. The molecule has 0 aliphatic carbocycles. The summed E-state index contributed by atoms with van der Waals surface area (Å²) in [6, 6.07) is 0. The van der Waals surface area contributed by atoms with Gasteiger partial charge in [0, 0.05) is 19.3 Å². The zero-order valence-electron chi connectivity index (χ0n) is 24.8. The first-order chi connectivity index (χ1) is 17.8. The van der Waals surface area contributed by atoms with Crippen molar-refractivity contribution in [2.75, 3.05) is 0 Å². The summed E-state index contributed by atoms with van der Waals surface area (Å²) in [4.78, 5) is 22.3. The van der Waals surface area contributed by atoms with Crippen molar-refractivity contribution in [1.29, 1.82) is 0 Å². The predicted molar refractivity (Wildman–Crippen MR) is 160 cm³/mol. The average molecular weight is 507 g/mol. The molecule has 2 nitrogen and oxygen atoms in total. The van der Waals surface area contributed by atoms with Crippen LogP contribution in [0.25, 0.3) is 0 Å². The van der Waals surface area contributed by atoms with E-state index in [1.54, 1.807) is 0 Å². The zero-order valence-corrected chi connectivity index (χ0v) is 24.8. The standard InChI is InChI=1S/C34H66O2/c1-2-3-4-5-6-7-8-9-10-11-12-13-14-15-16-19-22-25-28-31-34(36)32-29-26-23-20-17-18-21-24-27-30-33-35/h33H,2-32H2,1H3. The van der Waals surface area contributed by atoms with Crippen molar-refractivity contribution in [3.63, 3.8) is 0 Å². The van der Waals surface area contributed by atoms with Crippen LogP contribution in [-0.2, 0) is 9.59 Å². The first-order valence-corrected chi connectivity index (χ1v) is 16.8. The second-order valence-corrected chi connectivity index (χ2v) is 11.5. The fourth-order valence-electron chi connectivity index (χ4n) is 5.31. The van der Waals surface area contributed by atoms with Crippen molar-refractivity contribution in [1.82, 2.24) is 0 Å². The first-order valence-electron chi connectivity index (χ1n) is 16.8. The molecule has 0 spiro atoms. The maximum Gasteiger partial charge on any atom is 0.132 e. The van der Waals surface area contributed by atoms with Crippen LogP contribution in [0.15, 0.2) is 0 Å². The molecule has 2 heteroatoms. The lowest BCUT2D eigenvalue weighted by Gasteiger charge is -2.04. The van der Waals surface area contributed by atoms with Gasteiger partial charge in [0.1, 0.15) is 12.1 Å². The quantitative estimate of drug-likeness (QED) is 0.0671. The summed E-state index contributed by atoms with van der Waals surface area (Å²) in [7, 11) is 0. The molecule has 0 saturated heterocycles. The number of hydrogen-bond donors (Lipinski definition) is 0. The molecule has 214 valence electrons. The smallest absolute Gasteiger partial charge is 0.132 e. The van der Waals surface area contributed by atoms with Gasteiger partial charge in [-0.3, -0.25) is 4.79 Å². The first kappa shape index (κ1) is 35.3. The number of aldehydes is 1. The van der Waals surface area contributed by atoms with Gasteiger partial charge in [-0.25, -0.2) is 0 Å². The van der Waals surface area contributed by atoms with Crippen molar-refractivity contribution >= 4 is 12.1 Å². The van der Waals surface area contributed by atoms with Crippen LogP contribution in [0.1, 0.15) is 206 Å². The van der Waals surface area contributed by atoms with Gasteiger partial charge in [0.2, 0.25) is 0 Å². The highest BCUT2D eigenvalue weighted by Gasteiger charge is 2.02. The number of carbonyl (C=O) groups is 2. The van der Waals surface area contributed by atoms with Gasteiger partial charge in [0.15, 0.2) is 0 Å². The van der Waals surface area contributed by atoms with E-state index in [2.05, 4.69) is 6.92 Å². The Balaban J connectivity index is 3.13. The number of ketones is 1. The van der Waals surface area contributed by atoms with Crippen molar-refractivity contribution in [3.8, 4) is 0 Å². The lowest BCUT2D eigenvalue weighted by Crippen LogP contribution is -1.97. The Labute approximate surface area is 227 Å². The highest BCUT2D eigenvalue weighted by Crippen LogP contribution is 2.16. The Morgan fingerprint density at radius 2 is 0.639 bits per heavy atom. The van der Waals surface area contributed by atoms with E-state index in [0.29, 0.717) is 5.78 Å². The minimum absolute atomic E-state index is 0.497. The van der Waals surface area contributed by atoms with Gasteiger partial charge in [0.25, 0.3) is 0 Å². The van der Waals surface area contributed by atoms with E-state index < -0.39 is 0 Å². The molecule has 0 aromatic carbocycles. The topological polar surface area (TPSA) is 34.1 Å². The normalized spacial score (nSPS) is 11.2. The lowest BCUT2D eigenvalue weighted by molar-refractivity contribution is -0.119. The summed E-state index contributed by atoms with van der Waals surface area (Å²) >= 11 is 0. The third-order valence-electron chi connectivity index (χ3n) is 7.84. The maximum absolute atomic E-state index is 12.1. The Morgan fingerprint density at radius 1 is 0.389 bits per heavy atom. The Bertz CT molecular complexity index is 431. The van der Waals surface area contributed by atoms with Crippen LogP contribution < -0.4 is 0 Å². The van der Waals surface area contributed by atoms with Crippen LogP contribution >= 0.6 is 0 Å². The molecular formula is C34H66O2. The SMILES string of the molecule is CCCCCCCCCCCCCCCCCCCCCC(=O)CCCCCCCCCCCC=O. The van der Waals surface area contributed by atoms with Gasteiger partial charge in [-0.2, -0.15) is 0 Å². The van der Waals surface area contributed by atoms with Gasteiger partial charge in [-0.1, -0.05) is 167 Å². The number of hydrogen-bond acceptors (Lipinski definition) is 2. The van der Waals surface area contributed by atoms with Gasteiger partial charge < -0.3 is 4.79 Å². The van der Waals surface area contributed by atoms with Gasteiger partial charge in [-0.05, 0) is 19.3 Å². The molecule has 0 amide bonds. The third-order valence-corrected chi connectivity index (χ3v) is 7.84. The molecule has 0 unspecified atom stereocenters. The summed E-state index contributed by atoms with van der Waals surface area (Å²) < 4.78 is 0. The molecule has 0 atom stereocenters. The molecule has 36 heavy (non-hydrogen) atoms. The molecule has 0 aromatic rings. The average Bonchev–Trinajstić information content (AvgIpc) is 2.88. The largest absolute Gasteiger partial charge is 0.303 e. The molecule has 0 saturated carbocycles. The summed E-state index contributed by atoms with van der Waals surface area (Å²) in [6.07, 6.45) is 41.0. The molecule has 0 aliphatic rings. The van der Waals surface area contributed by atoms with Crippen molar-refractivity contribution in [3.05, 3.63) is 0 Å². The van der Waals surface area contributed by atoms with E-state index in [4.69, 9.17) is 0 Å². The Morgan fingerprint density at radius 3 is 0.917 bits per heavy atom. The highest BCUT2D eigenvalue weighted by atomic mass is 16.1. The van der Waals surface area contributed by atoms with Crippen LogP contribution in [0, 0.1) is 0 Å². The molecule has 0 fully saturated rings. The number of rotatable bonds is 32. The minimum atomic E-state index is 0.497. The molecule has 0 heterocycles. The molecule has 0 N–H and O–H groups in total. The second kappa shape index (κ2) is 32.4. The fourth-order valence-corrected chi connectivity index (χ4v) is 5.31. The minimum Gasteiger partial charge on any atom is -0.303 e. The highest BCUT2D eigenvalue weighted by molar-refractivity contribution is 5.78. The van der Waals surface area contributed by atoms with Gasteiger partial charge in [0.05, 0.1) is 0 Å². The van der Waals surface area contributed by atoms with Crippen LogP contribution in [0.2, 0.25) is 0 Å². The van der Waals surface area contributed by atoms with Crippen molar-refractivity contribution in [2.24, 2.45) is 0 Å². The van der Waals surface area contributed by atoms with Crippen LogP contribution in [0.3, 0.4) is 0 Å². The summed E-state index contributed by atoms with van der Waals surface area (Å²) in [5.41, 5.74) is 0. The maximum atomic E-state index is 12.1. The van der Waals surface area contributed by atoms with E-state index in [1.165, 1.54) is 161 Å². The Hall–Kier alpha value is -0.660. The number of carbonyl (C=O) groups excluding carboxylic acids is 2. The molecule has 0 aliphatic heterocycles. The predicted octanol–water partition coefficient (Wildman–Crippen LogP) is 11.9. The molecule has 0 aromatic heterocycles. The van der Waals surface area contributed by atoms with E-state index >= 15 is 0 Å². The molecule has 0 radical (unpaired) electrons. The van der Waals surface area contributed by atoms with E-state index in [0.717, 1.165) is 44.8 Å². The van der Waals surface area contributed by atoms with Crippen molar-refractivity contribution < 1.29 is 9.59 Å². The van der Waals surface area contributed by atoms with Crippen LogP contribution in [0.5, 0.6) is 0 Å². The summed E-state index contributed by atoms with van der Waals surface area (Å²) in [6.45, 7) is 2.29. The van der Waals surface area contributed by atoms with E-state index in [-0.39, 0.29) is 0 Å². The molecular weight excluding hydrogens is 440 g/mol. The molecule has 0 rings (SSSR count). The monoisotopic (exact) mass is 507 g/mol. The van der Waals surface area contributed by atoms with Crippen LogP contribution in [-0.4, -0.2) is 12.1 Å². The lowest BCUT2D eigenvalue weighted by atomic mass is 10.0. The fraction of sp³-hybridized carbons (Fsp3) is 0.941. The second-order valence-electron chi connectivity index (χ2n) is 11.5. The van der Waals surface area contributed by atoms with Crippen LogP contribution in [0.4, 0.5) is 0 Å². The number of Topliss-reactive ketones (excluding diaryl/α,β-unsaturated/α-hetero) is 1. The van der Waals surface area contributed by atoms with Crippen molar-refractivity contribution in [2.45, 2.75) is 206 Å². The summed E-state index contributed by atoms with van der Waals surface area (Å²) in [5, 5.41) is 0. The zero-order chi connectivity index (χ0) is 26.2. The summed E-state index contributed by atoms with van der Waals surface area (Å²) in [5.74, 6) is 0.497. The van der Waals surface area contributed by atoms with Gasteiger partial charge in [-0.15, -0.1) is 0 Å². The third kappa shape index (κ3) is 31.4.